The van der Waals surface area contributed by atoms with E-state index in [-0.39, 0.29) is 0 Å². The van der Waals surface area contributed by atoms with Gasteiger partial charge in [-0.25, -0.2) is 0 Å². The molecule has 0 amide bonds. The quantitative estimate of drug-likeness (QED) is 0.766. The fraction of sp³-hybridized carbons (Fsp3) is 0.308. The molecule has 1 aromatic carbocycles. The largest absolute Gasteiger partial charge is 0.481 e. The second-order valence-corrected chi connectivity index (χ2v) is 4.08. The van der Waals surface area contributed by atoms with Gasteiger partial charge in [0.25, 0.3) is 0 Å². The molecule has 1 rings (SSSR count). The molecule has 15 heavy (non-hydrogen) atoms. The van der Waals surface area contributed by atoms with Crippen LogP contribution in [0.4, 0.5) is 0 Å². The fourth-order valence-electron chi connectivity index (χ4n) is 1.41. The smallest absolute Gasteiger partial charge is 0.313 e. The van der Waals surface area contributed by atoms with Crippen molar-refractivity contribution >= 4 is 5.97 Å². The van der Waals surface area contributed by atoms with Crippen molar-refractivity contribution < 1.29 is 9.90 Å². The average Bonchev–Trinajstić information content (AvgIpc) is 2.18. The van der Waals surface area contributed by atoms with Gasteiger partial charge in [-0.05, 0) is 25.8 Å². The SMILES string of the molecule is C=C(C)[C@@](C)(Cc1ccccc1)C(=O)O. The highest BCUT2D eigenvalue weighted by molar-refractivity contribution is 5.78. The van der Waals surface area contributed by atoms with Crippen LogP contribution in [0.1, 0.15) is 19.4 Å². The molecule has 2 heteroatoms. The van der Waals surface area contributed by atoms with E-state index in [9.17, 15) is 9.90 Å². The molecule has 0 unspecified atom stereocenters. The Bertz CT molecular complexity index is 351. The average molecular weight is 204 g/mol. The lowest BCUT2D eigenvalue weighted by Gasteiger charge is -2.25. The van der Waals surface area contributed by atoms with Crippen molar-refractivity contribution in [1.82, 2.24) is 0 Å². The van der Waals surface area contributed by atoms with E-state index in [0.717, 1.165) is 5.56 Å². The van der Waals surface area contributed by atoms with Crippen molar-refractivity contribution in [3.8, 4) is 0 Å². The van der Waals surface area contributed by atoms with Gasteiger partial charge in [-0.1, -0.05) is 42.5 Å². The van der Waals surface area contributed by atoms with Crippen molar-refractivity contribution in [2.75, 3.05) is 0 Å². The van der Waals surface area contributed by atoms with Gasteiger partial charge in [0.1, 0.15) is 0 Å². The highest BCUT2D eigenvalue weighted by Crippen LogP contribution is 2.30. The Hall–Kier alpha value is -1.57. The van der Waals surface area contributed by atoms with Gasteiger partial charge < -0.3 is 5.11 Å². The molecule has 0 fully saturated rings. The maximum absolute atomic E-state index is 11.2. The zero-order chi connectivity index (χ0) is 11.5. The summed E-state index contributed by atoms with van der Waals surface area (Å²) in [6.45, 7) is 7.24. The Morgan fingerprint density at radius 2 is 1.93 bits per heavy atom. The number of hydrogen-bond donors (Lipinski definition) is 1. The number of aliphatic carboxylic acids is 1. The summed E-state index contributed by atoms with van der Waals surface area (Å²) in [6, 6.07) is 9.61. The highest BCUT2D eigenvalue weighted by atomic mass is 16.4. The number of carboxylic acid groups (broad SMARTS) is 1. The van der Waals surface area contributed by atoms with E-state index in [2.05, 4.69) is 6.58 Å². The van der Waals surface area contributed by atoms with Crippen LogP contribution in [-0.4, -0.2) is 11.1 Å². The van der Waals surface area contributed by atoms with Crippen LogP contribution in [0, 0.1) is 5.41 Å². The Balaban J connectivity index is 2.95. The Kier molecular flexibility index (Phi) is 3.30. The molecule has 0 heterocycles. The topological polar surface area (TPSA) is 37.3 Å². The van der Waals surface area contributed by atoms with E-state index >= 15 is 0 Å². The normalized spacial score (nSPS) is 14.3. The van der Waals surface area contributed by atoms with E-state index in [4.69, 9.17) is 0 Å². The second kappa shape index (κ2) is 4.30. The third-order valence-corrected chi connectivity index (χ3v) is 2.81. The number of rotatable bonds is 4. The van der Waals surface area contributed by atoms with Crippen molar-refractivity contribution in [1.29, 1.82) is 0 Å². The van der Waals surface area contributed by atoms with Crippen LogP contribution in [0.2, 0.25) is 0 Å². The molecule has 1 aromatic rings. The Labute approximate surface area is 90.3 Å². The Morgan fingerprint density at radius 1 is 1.40 bits per heavy atom. The van der Waals surface area contributed by atoms with Gasteiger partial charge in [-0.15, -0.1) is 0 Å². The molecule has 0 spiro atoms. The van der Waals surface area contributed by atoms with Crippen LogP contribution >= 0.6 is 0 Å². The molecule has 0 aliphatic rings. The van der Waals surface area contributed by atoms with Gasteiger partial charge in [0.15, 0.2) is 0 Å². The monoisotopic (exact) mass is 204 g/mol. The first-order valence-electron chi connectivity index (χ1n) is 4.90. The van der Waals surface area contributed by atoms with E-state index in [0.29, 0.717) is 12.0 Å². The summed E-state index contributed by atoms with van der Waals surface area (Å²) in [5.41, 5.74) is 0.825. The van der Waals surface area contributed by atoms with Crippen molar-refractivity contribution in [3.05, 3.63) is 48.0 Å². The van der Waals surface area contributed by atoms with Crippen LogP contribution in [0.15, 0.2) is 42.5 Å². The first-order valence-corrected chi connectivity index (χ1v) is 4.90. The summed E-state index contributed by atoms with van der Waals surface area (Å²) >= 11 is 0. The maximum Gasteiger partial charge on any atom is 0.313 e. The van der Waals surface area contributed by atoms with Crippen molar-refractivity contribution in [2.24, 2.45) is 5.41 Å². The molecule has 0 saturated heterocycles. The van der Waals surface area contributed by atoms with Crippen LogP contribution in [0.3, 0.4) is 0 Å². The maximum atomic E-state index is 11.2. The zero-order valence-electron chi connectivity index (χ0n) is 9.16. The minimum Gasteiger partial charge on any atom is -0.481 e. The van der Waals surface area contributed by atoms with Crippen molar-refractivity contribution in [3.63, 3.8) is 0 Å². The first kappa shape index (κ1) is 11.5. The van der Waals surface area contributed by atoms with E-state index in [1.54, 1.807) is 13.8 Å². The predicted octanol–water partition coefficient (Wildman–Crippen LogP) is 2.90. The summed E-state index contributed by atoms with van der Waals surface area (Å²) in [5.74, 6) is -0.821. The molecular formula is C13H16O2. The number of benzene rings is 1. The number of hydrogen-bond acceptors (Lipinski definition) is 1. The second-order valence-electron chi connectivity index (χ2n) is 4.08. The van der Waals surface area contributed by atoms with Gasteiger partial charge in [0.2, 0.25) is 0 Å². The summed E-state index contributed by atoms with van der Waals surface area (Å²) < 4.78 is 0. The van der Waals surface area contributed by atoms with Gasteiger partial charge in [0.05, 0.1) is 5.41 Å². The molecule has 0 aromatic heterocycles. The van der Waals surface area contributed by atoms with E-state index in [1.165, 1.54) is 0 Å². The van der Waals surface area contributed by atoms with Gasteiger partial charge in [-0.2, -0.15) is 0 Å². The molecule has 2 nitrogen and oxygen atoms in total. The molecule has 80 valence electrons. The standard InChI is InChI=1S/C13H16O2/c1-10(2)13(3,12(14)15)9-11-7-5-4-6-8-11/h4-8H,1,9H2,2-3H3,(H,14,15)/t13-/m1/s1. The van der Waals surface area contributed by atoms with Gasteiger partial charge in [-0.3, -0.25) is 4.79 Å². The number of carboxylic acids is 1. The first-order chi connectivity index (χ1) is 6.97. The van der Waals surface area contributed by atoms with Crippen LogP contribution < -0.4 is 0 Å². The molecule has 0 radical (unpaired) electrons. The lowest BCUT2D eigenvalue weighted by molar-refractivity contribution is -0.145. The van der Waals surface area contributed by atoms with Crippen LogP contribution in [0.25, 0.3) is 0 Å². The minimum absolute atomic E-state index is 0.485. The lowest BCUT2D eigenvalue weighted by atomic mass is 9.78. The molecule has 1 N–H and O–H groups in total. The van der Waals surface area contributed by atoms with E-state index < -0.39 is 11.4 Å². The van der Waals surface area contributed by atoms with Crippen molar-refractivity contribution in [2.45, 2.75) is 20.3 Å². The lowest BCUT2D eigenvalue weighted by Crippen LogP contribution is -2.30. The van der Waals surface area contributed by atoms with Crippen LogP contribution in [-0.2, 0) is 11.2 Å². The van der Waals surface area contributed by atoms with Gasteiger partial charge in [0, 0.05) is 0 Å². The highest BCUT2D eigenvalue weighted by Gasteiger charge is 2.33. The summed E-state index contributed by atoms with van der Waals surface area (Å²) in [6.07, 6.45) is 0.485. The predicted molar refractivity (Wildman–Crippen MR) is 60.7 cm³/mol. The Morgan fingerprint density at radius 3 is 2.33 bits per heavy atom. The molecule has 0 aliphatic heterocycles. The van der Waals surface area contributed by atoms with Crippen LogP contribution in [0.5, 0.6) is 0 Å². The molecule has 1 atom stereocenters. The zero-order valence-corrected chi connectivity index (χ0v) is 9.16. The molecule has 0 aliphatic carbocycles. The third kappa shape index (κ3) is 2.46. The summed E-state index contributed by atoms with van der Waals surface area (Å²) in [4.78, 5) is 11.2. The van der Waals surface area contributed by atoms with E-state index in [1.807, 2.05) is 30.3 Å². The molecule has 0 saturated carbocycles. The summed E-state index contributed by atoms with van der Waals surface area (Å²) in [7, 11) is 0. The molecule has 0 bridgehead atoms. The summed E-state index contributed by atoms with van der Waals surface area (Å²) in [5, 5.41) is 9.20. The van der Waals surface area contributed by atoms with Gasteiger partial charge >= 0.3 is 5.97 Å². The minimum atomic E-state index is -0.874. The fourth-order valence-corrected chi connectivity index (χ4v) is 1.41. The number of carbonyl (C=O) groups is 1. The third-order valence-electron chi connectivity index (χ3n) is 2.81. The molecular weight excluding hydrogens is 188 g/mol.